The molecule has 0 radical (unpaired) electrons. The van der Waals surface area contributed by atoms with Crippen LogP contribution in [0.25, 0.3) is 11.0 Å². The zero-order valence-corrected chi connectivity index (χ0v) is 17.9. The summed E-state index contributed by atoms with van der Waals surface area (Å²) in [4.78, 5) is 6.42. The van der Waals surface area contributed by atoms with E-state index in [0.29, 0.717) is 5.92 Å². The van der Waals surface area contributed by atoms with E-state index in [-0.39, 0.29) is 5.41 Å². The van der Waals surface area contributed by atoms with Gasteiger partial charge in [0.2, 0.25) is 0 Å². The maximum atomic E-state index is 5.56. The quantitative estimate of drug-likeness (QED) is 0.670. The van der Waals surface area contributed by atoms with E-state index in [9.17, 15) is 0 Å². The summed E-state index contributed by atoms with van der Waals surface area (Å²) in [5, 5.41) is 0. The second-order valence-corrected chi connectivity index (χ2v) is 10.3. The molecule has 0 saturated carbocycles. The second-order valence-electron chi connectivity index (χ2n) is 9.08. The Morgan fingerprint density at radius 2 is 1.85 bits per heavy atom. The Morgan fingerprint density at radius 1 is 1.11 bits per heavy atom. The maximum Gasteiger partial charge on any atom is 0.115 e. The van der Waals surface area contributed by atoms with Crippen molar-refractivity contribution in [3.8, 4) is 0 Å². The lowest BCUT2D eigenvalue weighted by Gasteiger charge is -2.26. The third-order valence-electron chi connectivity index (χ3n) is 5.72. The average Bonchev–Trinajstić information content (AvgIpc) is 3.02. The fourth-order valence-corrected chi connectivity index (χ4v) is 5.25. The molecule has 4 rings (SSSR count). The number of aromatic nitrogens is 2. The number of hydrogen-bond acceptors (Lipinski definition) is 4. The summed E-state index contributed by atoms with van der Waals surface area (Å²) < 4.78 is 10.6. The van der Waals surface area contributed by atoms with E-state index in [1.54, 1.807) is 0 Å². The first-order valence-corrected chi connectivity index (χ1v) is 11.3. The molecule has 5 heteroatoms. The lowest BCUT2D eigenvalue weighted by molar-refractivity contribution is 0.0611. The number of benzene rings is 1. The monoisotopic (exact) mass is 387 g/mol. The number of nitrogens with zero attached hydrogens (tertiary/aromatic N) is 3. The predicted octanol–water partition coefficient (Wildman–Crippen LogP) is 5.25. The molecule has 2 aliphatic rings. The summed E-state index contributed by atoms with van der Waals surface area (Å²) in [6.07, 6.45) is 6.34. The minimum absolute atomic E-state index is 0.0460. The molecule has 4 nitrogen and oxygen atoms in total. The predicted molar refractivity (Wildman–Crippen MR) is 113 cm³/mol. The normalized spacial score (nSPS) is 20.4. The lowest BCUT2D eigenvalue weighted by atomic mass is 9.94. The molecule has 1 aromatic heterocycles. The first-order valence-electron chi connectivity index (χ1n) is 10.5. The Hall–Kier alpha value is -1.04. The standard InChI is InChI=1S/C22H33N3OS/c1-22(2,3)21-23-19-15-18(27-24-11-5-4-6-12-24)7-8-20(19)25(21)16-17-9-13-26-14-10-17/h7-8,15,17H,4-6,9-14,16H2,1-3H3. The SMILES string of the molecule is CC(C)(C)c1nc2cc(SN3CCCCC3)ccc2n1CC1CCOCC1. The summed E-state index contributed by atoms with van der Waals surface area (Å²) >= 11 is 1.91. The van der Waals surface area contributed by atoms with Gasteiger partial charge in [-0.2, -0.15) is 0 Å². The van der Waals surface area contributed by atoms with Crippen molar-refractivity contribution in [2.45, 2.75) is 69.7 Å². The van der Waals surface area contributed by atoms with Crippen LogP contribution in [0.3, 0.4) is 0 Å². The fourth-order valence-electron chi connectivity index (χ4n) is 4.22. The maximum absolute atomic E-state index is 5.56. The van der Waals surface area contributed by atoms with Crippen LogP contribution in [0.2, 0.25) is 0 Å². The summed E-state index contributed by atoms with van der Waals surface area (Å²) in [7, 11) is 0. The third kappa shape index (κ3) is 4.52. The van der Waals surface area contributed by atoms with Crippen molar-refractivity contribution in [1.29, 1.82) is 0 Å². The topological polar surface area (TPSA) is 30.3 Å². The molecule has 0 unspecified atom stereocenters. The molecule has 2 saturated heterocycles. The molecule has 2 aromatic rings. The van der Waals surface area contributed by atoms with Crippen LogP contribution in [0, 0.1) is 5.92 Å². The lowest BCUT2D eigenvalue weighted by Crippen LogP contribution is -2.25. The second kappa shape index (κ2) is 8.14. The summed E-state index contributed by atoms with van der Waals surface area (Å²) in [6, 6.07) is 6.88. The van der Waals surface area contributed by atoms with Crippen LogP contribution in [0.4, 0.5) is 0 Å². The molecule has 1 aromatic carbocycles. The van der Waals surface area contributed by atoms with E-state index in [1.165, 1.54) is 48.6 Å². The minimum Gasteiger partial charge on any atom is -0.381 e. The van der Waals surface area contributed by atoms with Crippen molar-refractivity contribution in [2.75, 3.05) is 26.3 Å². The van der Waals surface area contributed by atoms with E-state index in [4.69, 9.17) is 9.72 Å². The van der Waals surface area contributed by atoms with Gasteiger partial charge >= 0.3 is 0 Å². The number of rotatable bonds is 4. The highest BCUT2D eigenvalue weighted by atomic mass is 32.2. The summed E-state index contributed by atoms with van der Waals surface area (Å²) in [5.41, 5.74) is 2.48. The van der Waals surface area contributed by atoms with E-state index >= 15 is 0 Å². The Morgan fingerprint density at radius 3 is 2.56 bits per heavy atom. The molecule has 0 atom stereocenters. The highest BCUT2D eigenvalue weighted by Gasteiger charge is 2.25. The van der Waals surface area contributed by atoms with Crippen molar-refractivity contribution in [3.63, 3.8) is 0 Å². The molecular formula is C22H33N3OS. The molecule has 0 bridgehead atoms. The van der Waals surface area contributed by atoms with Gasteiger partial charge in [-0.1, -0.05) is 27.2 Å². The van der Waals surface area contributed by atoms with Crippen LogP contribution in [0.15, 0.2) is 23.1 Å². The van der Waals surface area contributed by atoms with Gasteiger partial charge in [0.05, 0.1) is 11.0 Å². The van der Waals surface area contributed by atoms with Gasteiger partial charge in [0.15, 0.2) is 0 Å². The first-order chi connectivity index (χ1) is 13.0. The molecule has 0 aliphatic carbocycles. The summed E-state index contributed by atoms with van der Waals surface area (Å²) in [6.45, 7) is 12.1. The minimum atomic E-state index is 0.0460. The zero-order chi connectivity index (χ0) is 18.9. The largest absolute Gasteiger partial charge is 0.381 e. The molecule has 0 N–H and O–H groups in total. The van der Waals surface area contributed by atoms with Gasteiger partial charge in [-0.05, 0) is 61.7 Å². The number of piperidine rings is 1. The molecule has 0 amide bonds. The van der Waals surface area contributed by atoms with Crippen LogP contribution in [-0.4, -0.2) is 40.2 Å². The van der Waals surface area contributed by atoms with Gasteiger partial charge < -0.3 is 9.30 Å². The Bertz CT molecular complexity index is 768. The molecule has 3 heterocycles. The van der Waals surface area contributed by atoms with Crippen molar-refractivity contribution >= 4 is 23.0 Å². The number of imidazole rings is 1. The van der Waals surface area contributed by atoms with Gasteiger partial charge in [-0.25, -0.2) is 9.29 Å². The number of hydrogen-bond donors (Lipinski definition) is 0. The van der Waals surface area contributed by atoms with E-state index in [1.807, 2.05) is 11.9 Å². The van der Waals surface area contributed by atoms with Gasteiger partial charge in [0.25, 0.3) is 0 Å². The average molecular weight is 388 g/mol. The van der Waals surface area contributed by atoms with E-state index in [2.05, 4.69) is 47.8 Å². The van der Waals surface area contributed by atoms with Gasteiger partial charge in [0, 0.05) is 43.2 Å². The number of fused-ring (bicyclic) bond motifs is 1. The highest BCUT2D eigenvalue weighted by Crippen LogP contribution is 2.33. The van der Waals surface area contributed by atoms with Crippen molar-refractivity contribution in [1.82, 2.24) is 13.9 Å². The van der Waals surface area contributed by atoms with E-state index < -0.39 is 0 Å². The van der Waals surface area contributed by atoms with Crippen LogP contribution in [0.5, 0.6) is 0 Å². The molecular weight excluding hydrogens is 354 g/mol. The zero-order valence-electron chi connectivity index (χ0n) is 17.0. The molecule has 148 valence electrons. The van der Waals surface area contributed by atoms with Crippen LogP contribution < -0.4 is 0 Å². The Labute approximate surface area is 167 Å². The molecule has 27 heavy (non-hydrogen) atoms. The van der Waals surface area contributed by atoms with E-state index in [0.717, 1.165) is 38.1 Å². The van der Waals surface area contributed by atoms with Gasteiger partial charge in [-0.15, -0.1) is 0 Å². The van der Waals surface area contributed by atoms with Crippen LogP contribution in [0.1, 0.15) is 58.7 Å². The van der Waals surface area contributed by atoms with Crippen molar-refractivity contribution < 1.29 is 4.74 Å². The van der Waals surface area contributed by atoms with Gasteiger partial charge in [0.1, 0.15) is 5.82 Å². The first kappa shape index (κ1) is 19.3. The summed E-state index contributed by atoms with van der Waals surface area (Å²) in [5.74, 6) is 1.91. The van der Waals surface area contributed by atoms with Crippen LogP contribution in [-0.2, 0) is 16.7 Å². The highest BCUT2D eigenvalue weighted by molar-refractivity contribution is 7.97. The number of ether oxygens (including phenoxy) is 1. The Balaban J connectivity index is 1.63. The smallest absolute Gasteiger partial charge is 0.115 e. The molecule has 2 aliphatic heterocycles. The molecule has 0 spiro atoms. The van der Waals surface area contributed by atoms with Crippen molar-refractivity contribution in [2.24, 2.45) is 5.92 Å². The Kier molecular flexibility index (Phi) is 5.81. The fraction of sp³-hybridized carbons (Fsp3) is 0.682. The molecule has 2 fully saturated rings. The van der Waals surface area contributed by atoms with Crippen molar-refractivity contribution in [3.05, 3.63) is 24.0 Å². The van der Waals surface area contributed by atoms with Gasteiger partial charge in [-0.3, -0.25) is 0 Å². The van der Waals surface area contributed by atoms with Crippen LogP contribution >= 0.6 is 11.9 Å². The third-order valence-corrected chi connectivity index (χ3v) is 6.81.